The van der Waals surface area contributed by atoms with E-state index in [2.05, 4.69) is 27.9 Å². The van der Waals surface area contributed by atoms with Gasteiger partial charge in [0.05, 0.1) is 18.2 Å². The van der Waals surface area contributed by atoms with Crippen LogP contribution in [-0.2, 0) is 45.5 Å². The monoisotopic (exact) mass is 900 g/mol. The molecule has 0 radical (unpaired) electrons. The van der Waals surface area contributed by atoms with E-state index in [1.807, 2.05) is 103 Å². The second kappa shape index (κ2) is 18.8. The number of fused-ring (bicyclic) bond motifs is 1. The zero-order chi connectivity index (χ0) is 41.5. The summed E-state index contributed by atoms with van der Waals surface area (Å²) in [6, 6.07) is 33.5. The van der Waals surface area contributed by atoms with Crippen LogP contribution in [0, 0.1) is 3.57 Å². The molecular weight excluding hydrogens is 851 g/mol. The first-order valence-electron chi connectivity index (χ1n) is 19.3. The fourth-order valence-electron chi connectivity index (χ4n) is 7.18. The van der Waals surface area contributed by atoms with E-state index in [0.717, 1.165) is 20.3 Å². The Bertz CT molecular complexity index is 2030. The van der Waals surface area contributed by atoms with Crippen molar-refractivity contribution in [2.45, 2.75) is 88.2 Å². The van der Waals surface area contributed by atoms with Crippen LogP contribution < -0.4 is 5.32 Å². The van der Waals surface area contributed by atoms with Gasteiger partial charge in [0.2, 0.25) is 17.6 Å². The largest absolute Gasteiger partial charge is 0.460 e. The smallest absolute Gasteiger partial charge is 0.338 e. The van der Waals surface area contributed by atoms with E-state index in [0.29, 0.717) is 5.56 Å². The highest BCUT2D eigenvalue weighted by Gasteiger charge is 2.55. The van der Waals surface area contributed by atoms with Gasteiger partial charge in [-0.1, -0.05) is 91.0 Å². The second-order valence-corrected chi connectivity index (χ2v) is 16.7. The second-order valence-electron chi connectivity index (χ2n) is 15.5. The van der Waals surface area contributed by atoms with Crippen LogP contribution >= 0.6 is 22.6 Å². The molecular formula is C46H49IN2O9. The van der Waals surface area contributed by atoms with Crippen molar-refractivity contribution >= 4 is 46.3 Å². The maximum Gasteiger partial charge on any atom is 0.338 e. The number of rotatable bonds is 14. The van der Waals surface area contributed by atoms with Crippen LogP contribution in [0.5, 0.6) is 0 Å². The van der Waals surface area contributed by atoms with Gasteiger partial charge in [-0.25, -0.2) is 4.79 Å². The third kappa shape index (κ3) is 10.4. The van der Waals surface area contributed by atoms with E-state index in [9.17, 15) is 24.3 Å². The van der Waals surface area contributed by atoms with Crippen molar-refractivity contribution in [1.82, 2.24) is 10.2 Å². The number of hydrogen-bond acceptors (Lipinski definition) is 9. The van der Waals surface area contributed by atoms with Crippen molar-refractivity contribution in [3.8, 4) is 0 Å². The van der Waals surface area contributed by atoms with Crippen molar-refractivity contribution < 1.29 is 43.2 Å². The molecule has 2 N–H and O–H groups in total. The summed E-state index contributed by atoms with van der Waals surface area (Å²) in [5, 5.41) is 13.1. The summed E-state index contributed by atoms with van der Waals surface area (Å²) in [6.07, 6.45) is -0.604. The maximum absolute atomic E-state index is 14.7. The number of likely N-dealkylation sites (N-methyl/N-ethyl adjacent to an activating group) is 1. The number of amides is 2. The number of carbonyl (C=O) groups excluding carboxylic acids is 4. The SMILES string of the molecule is CN(C(=O)C1=C[C@H]2OC(c3ccccc3)(c3ccccc3)O[C@H]2[C@H](OC(=O)c2ccc(I)cc2)C1)[C@H](Cc1ccccc1)C(=O)N[C@H](CO)CCC(=O)OC(C)(C)C. The van der Waals surface area contributed by atoms with Gasteiger partial charge in [-0.2, -0.15) is 0 Å². The highest BCUT2D eigenvalue weighted by atomic mass is 127. The Balaban J connectivity index is 1.31. The number of aliphatic hydroxyl groups is 1. The van der Waals surface area contributed by atoms with E-state index in [-0.39, 0.29) is 31.3 Å². The summed E-state index contributed by atoms with van der Waals surface area (Å²) in [5.41, 5.74) is 2.20. The summed E-state index contributed by atoms with van der Waals surface area (Å²) < 4.78 is 26.3. The van der Waals surface area contributed by atoms with Gasteiger partial charge in [0.25, 0.3) is 0 Å². The number of nitrogens with one attached hydrogen (secondary N) is 1. The van der Waals surface area contributed by atoms with E-state index in [1.165, 1.54) is 4.90 Å². The highest BCUT2D eigenvalue weighted by Crippen LogP contribution is 2.47. The third-order valence-corrected chi connectivity index (χ3v) is 10.8. The summed E-state index contributed by atoms with van der Waals surface area (Å²) >= 11 is 2.16. The molecule has 1 aliphatic carbocycles. The Kier molecular flexibility index (Phi) is 13.8. The van der Waals surface area contributed by atoms with Crippen LogP contribution in [0.4, 0.5) is 0 Å². The van der Waals surface area contributed by atoms with Crippen LogP contribution in [0.3, 0.4) is 0 Å². The van der Waals surface area contributed by atoms with Gasteiger partial charge in [0.1, 0.15) is 30.0 Å². The lowest BCUT2D eigenvalue weighted by Crippen LogP contribution is -2.53. The number of halogens is 1. The van der Waals surface area contributed by atoms with E-state index in [4.69, 9.17) is 18.9 Å². The molecule has 6 rings (SSSR count). The molecule has 1 heterocycles. The molecule has 0 aromatic heterocycles. The molecule has 0 saturated carbocycles. The Morgan fingerprint density at radius 1 is 0.879 bits per heavy atom. The number of aliphatic hydroxyl groups excluding tert-OH is 1. The first-order valence-corrected chi connectivity index (χ1v) is 20.4. The molecule has 1 aliphatic heterocycles. The normalized spacial score (nSPS) is 19.5. The molecule has 0 unspecified atom stereocenters. The number of nitrogens with zero attached hydrogens (tertiary/aromatic N) is 1. The van der Waals surface area contributed by atoms with E-state index >= 15 is 0 Å². The Morgan fingerprint density at radius 2 is 1.47 bits per heavy atom. The molecule has 0 spiro atoms. The fraction of sp³-hybridized carbons (Fsp3) is 0.348. The molecule has 304 valence electrons. The standard InChI is InChI=1S/C46H49IN2O9/c1-45(2,3)57-40(51)25-24-36(29-50)48-42(52)37(26-30-14-8-5-9-15-30)49(4)43(53)32-27-38(55-44(54)31-20-22-35(47)23-21-31)41-39(28-32)56-46(58-41,33-16-10-6-11-17-33)34-18-12-7-13-19-34/h5-23,28,36-39,41,50H,24-27,29H2,1-4H3,(H,48,52)/t36-,37+,38+,39+,41-/m0/s1. The first-order chi connectivity index (χ1) is 27.8. The first kappa shape index (κ1) is 42.7. The molecule has 58 heavy (non-hydrogen) atoms. The van der Waals surface area contributed by atoms with Crippen LogP contribution in [0.2, 0.25) is 0 Å². The van der Waals surface area contributed by atoms with Gasteiger partial charge in [0, 0.05) is 46.6 Å². The Labute approximate surface area is 352 Å². The van der Waals surface area contributed by atoms with Crippen LogP contribution in [-0.4, -0.2) is 83.4 Å². The molecule has 4 aromatic carbocycles. The summed E-state index contributed by atoms with van der Waals surface area (Å²) in [5.74, 6) is -3.40. The lowest BCUT2D eigenvalue weighted by Gasteiger charge is -2.34. The number of esters is 2. The maximum atomic E-state index is 14.7. The van der Waals surface area contributed by atoms with Crippen molar-refractivity contribution in [3.63, 3.8) is 0 Å². The summed E-state index contributed by atoms with van der Waals surface area (Å²) in [6.45, 7) is 4.88. The number of ether oxygens (including phenoxy) is 4. The predicted octanol–water partition coefficient (Wildman–Crippen LogP) is 6.50. The molecule has 1 fully saturated rings. The van der Waals surface area contributed by atoms with Crippen LogP contribution in [0.25, 0.3) is 0 Å². The molecule has 11 nitrogen and oxygen atoms in total. The molecule has 2 amide bonds. The average molecular weight is 901 g/mol. The third-order valence-electron chi connectivity index (χ3n) is 10.0. The lowest BCUT2D eigenvalue weighted by atomic mass is 9.90. The van der Waals surface area contributed by atoms with Gasteiger partial charge in [0.15, 0.2) is 0 Å². The highest BCUT2D eigenvalue weighted by molar-refractivity contribution is 14.1. The van der Waals surface area contributed by atoms with Gasteiger partial charge in [-0.05, 0) is 85.7 Å². The summed E-state index contributed by atoms with van der Waals surface area (Å²) in [4.78, 5) is 56.3. The molecule has 1 saturated heterocycles. The molecule has 5 atom stereocenters. The van der Waals surface area contributed by atoms with E-state index in [1.54, 1.807) is 46.0 Å². The van der Waals surface area contributed by atoms with Gasteiger partial charge < -0.3 is 34.3 Å². The predicted molar refractivity (Wildman–Crippen MR) is 225 cm³/mol. The van der Waals surface area contributed by atoms with Crippen molar-refractivity contribution in [2.75, 3.05) is 13.7 Å². The zero-order valence-corrected chi connectivity index (χ0v) is 35.2. The molecule has 2 aliphatic rings. The van der Waals surface area contributed by atoms with Gasteiger partial charge in [-0.3, -0.25) is 14.4 Å². The van der Waals surface area contributed by atoms with Gasteiger partial charge >= 0.3 is 11.9 Å². The molecule has 12 heteroatoms. The lowest BCUT2D eigenvalue weighted by molar-refractivity contribution is -0.157. The minimum Gasteiger partial charge on any atom is -0.460 e. The van der Waals surface area contributed by atoms with Crippen molar-refractivity contribution in [2.24, 2.45) is 0 Å². The number of carbonyl (C=O) groups is 4. The molecule has 0 bridgehead atoms. The van der Waals surface area contributed by atoms with Gasteiger partial charge in [-0.15, -0.1) is 0 Å². The van der Waals surface area contributed by atoms with Crippen molar-refractivity contribution in [1.29, 1.82) is 0 Å². The minimum atomic E-state index is -1.39. The fourth-order valence-corrected chi connectivity index (χ4v) is 7.54. The topological polar surface area (TPSA) is 141 Å². The Hall–Kier alpha value is -4.89. The quantitative estimate of drug-likeness (QED) is 0.107. The number of benzene rings is 4. The Morgan fingerprint density at radius 3 is 2.03 bits per heavy atom. The van der Waals surface area contributed by atoms with Crippen LogP contribution in [0.15, 0.2) is 127 Å². The minimum absolute atomic E-state index is 0.0156. The average Bonchev–Trinajstić information content (AvgIpc) is 3.63. The number of hydrogen-bond donors (Lipinski definition) is 2. The van der Waals surface area contributed by atoms with Crippen molar-refractivity contribution in [3.05, 3.63) is 153 Å². The van der Waals surface area contributed by atoms with E-state index < -0.39 is 72.1 Å². The zero-order valence-electron chi connectivity index (χ0n) is 33.0. The summed E-state index contributed by atoms with van der Waals surface area (Å²) in [7, 11) is 1.55. The van der Waals surface area contributed by atoms with Crippen LogP contribution in [0.1, 0.15) is 67.1 Å². The molecule has 4 aromatic rings.